The van der Waals surface area contributed by atoms with Crippen LogP contribution in [0.3, 0.4) is 0 Å². The van der Waals surface area contributed by atoms with Crippen molar-refractivity contribution in [3.05, 3.63) is 58.1 Å². The van der Waals surface area contributed by atoms with Crippen LogP contribution >= 0.6 is 15.9 Å². The van der Waals surface area contributed by atoms with Gasteiger partial charge in [0.15, 0.2) is 0 Å². The number of benzene rings is 2. The summed E-state index contributed by atoms with van der Waals surface area (Å²) in [6.07, 6.45) is 0. The van der Waals surface area contributed by atoms with Crippen molar-refractivity contribution >= 4 is 21.9 Å². The maximum atomic E-state index is 11.6. The summed E-state index contributed by atoms with van der Waals surface area (Å²) >= 11 is 3.33. The molecule has 1 N–H and O–H groups in total. The van der Waals surface area contributed by atoms with Crippen LogP contribution in [0.2, 0.25) is 0 Å². The average Bonchev–Trinajstić information content (AvgIpc) is 2.47. The lowest BCUT2D eigenvalue weighted by molar-refractivity contribution is 0.0599. The third-order valence-corrected chi connectivity index (χ3v) is 3.53. The summed E-state index contributed by atoms with van der Waals surface area (Å²) in [7, 11) is 1.36. The Morgan fingerprint density at radius 1 is 1.16 bits per heavy atom. The van der Waals surface area contributed by atoms with Gasteiger partial charge in [-0.05, 0) is 44.8 Å². The van der Waals surface area contributed by atoms with E-state index in [1.165, 1.54) is 7.11 Å². The van der Waals surface area contributed by atoms with Gasteiger partial charge in [-0.2, -0.15) is 0 Å². The Morgan fingerprint density at radius 2 is 1.79 bits per heavy atom. The molecule has 0 aromatic heterocycles. The van der Waals surface area contributed by atoms with Crippen molar-refractivity contribution in [1.29, 1.82) is 0 Å². The van der Waals surface area contributed by atoms with E-state index in [1.54, 1.807) is 6.07 Å². The standard InChI is InChI=1S/C15H13BrO3/c1-19-15(18)13-8-12(6-7-14(13)16)11-4-2-10(9-17)3-5-11/h2-8,17H,9H2,1H3. The van der Waals surface area contributed by atoms with E-state index in [0.29, 0.717) is 10.0 Å². The third kappa shape index (κ3) is 3.03. The van der Waals surface area contributed by atoms with Gasteiger partial charge in [0, 0.05) is 4.47 Å². The normalized spacial score (nSPS) is 10.3. The zero-order valence-corrected chi connectivity index (χ0v) is 12.0. The van der Waals surface area contributed by atoms with Gasteiger partial charge in [-0.15, -0.1) is 0 Å². The molecule has 0 atom stereocenters. The minimum Gasteiger partial charge on any atom is -0.465 e. The molecule has 0 heterocycles. The molecule has 4 heteroatoms. The van der Waals surface area contributed by atoms with Crippen molar-refractivity contribution in [2.24, 2.45) is 0 Å². The Hall–Kier alpha value is -1.65. The number of esters is 1. The SMILES string of the molecule is COC(=O)c1cc(-c2ccc(CO)cc2)ccc1Br. The van der Waals surface area contributed by atoms with E-state index in [1.807, 2.05) is 36.4 Å². The fourth-order valence-corrected chi connectivity index (χ4v) is 2.18. The Labute approximate surface area is 120 Å². The molecule has 0 aliphatic heterocycles. The van der Waals surface area contributed by atoms with Gasteiger partial charge in [-0.1, -0.05) is 30.3 Å². The zero-order valence-electron chi connectivity index (χ0n) is 10.4. The Balaban J connectivity index is 2.42. The molecule has 0 unspecified atom stereocenters. The summed E-state index contributed by atoms with van der Waals surface area (Å²) in [5.41, 5.74) is 3.25. The zero-order chi connectivity index (χ0) is 13.8. The molecule has 0 saturated heterocycles. The summed E-state index contributed by atoms with van der Waals surface area (Å²) in [6.45, 7) is 0.0219. The van der Waals surface area contributed by atoms with Crippen molar-refractivity contribution in [2.45, 2.75) is 6.61 Å². The molecule has 0 amide bonds. The number of aliphatic hydroxyl groups excluding tert-OH is 1. The predicted octanol–water partition coefficient (Wildman–Crippen LogP) is 3.40. The molecule has 3 nitrogen and oxygen atoms in total. The van der Waals surface area contributed by atoms with Gasteiger partial charge in [0.1, 0.15) is 0 Å². The van der Waals surface area contributed by atoms with Crippen molar-refractivity contribution in [2.75, 3.05) is 7.11 Å². The summed E-state index contributed by atoms with van der Waals surface area (Å²) in [5.74, 6) is -0.374. The van der Waals surface area contributed by atoms with E-state index in [-0.39, 0.29) is 12.6 Å². The van der Waals surface area contributed by atoms with Crippen LogP contribution in [0.1, 0.15) is 15.9 Å². The van der Waals surface area contributed by atoms with Crippen molar-refractivity contribution in [3.8, 4) is 11.1 Å². The van der Waals surface area contributed by atoms with E-state index in [2.05, 4.69) is 15.9 Å². The molecular formula is C15H13BrO3. The first kappa shape index (κ1) is 13.8. The van der Waals surface area contributed by atoms with E-state index in [4.69, 9.17) is 9.84 Å². The van der Waals surface area contributed by atoms with E-state index >= 15 is 0 Å². The number of methoxy groups -OCH3 is 1. The Bertz CT molecular complexity index is 591. The van der Waals surface area contributed by atoms with E-state index in [9.17, 15) is 4.79 Å². The number of hydrogen-bond acceptors (Lipinski definition) is 3. The molecule has 0 bridgehead atoms. The molecule has 2 aromatic rings. The maximum absolute atomic E-state index is 11.6. The van der Waals surface area contributed by atoms with Crippen LogP contribution in [0.25, 0.3) is 11.1 Å². The lowest BCUT2D eigenvalue weighted by Gasteiger charge is -2.07. The second-order valence-electron chi connectivity index (χ2n) is 4.04. The Kier molecular flexibility index (Phi) is 4.35. The average molecular weight is 321 g/mol. The molecule has 0 radical (unpaired) electrons. The minimum atomic E-state index is -0.374. The molecule has 0 saturated carbocycles. The molecule has 2 aromatic carbocycles. The van der Waals surface area contributed by atoms with Crippen LogP contribution in [0, 0.1) is 0 Å². The van der Waals surface area contributed by atoms with Crippen molar-refractivity contribution < 1.29 is 14.6 Å². The smallest absolute Gasteiger partial charge is 0.339 e. The topological polar surface area (TPSA) is 46.5 Å². The summed E-state index contributed by atoms with van der Waals surface area (Å²) in [5, 5.41) is 9.02. The first-order chi connectivity index (χ1) is 9.15. The molecule has 0 aliphatic carbocycles. The van der Waals surface area contributed by atoms with Crippen molar-refractivity contribution in [1.82, 2.24) is 0 Å². The Morgan fingerprint density at radius 3 is 2.37 bits per heavy atom. The largest absolute Gasteiger partial charge is 0.465 e. The van der Waals surface area contributed by atoms with Crippen LogP contribution in [0.15, 0.2) is 46.9 Å². The fraction of sp³-hybridized carbons (Fsp3) is 0.133. The lowest BCUT2D eigenvalue weighted by Crippen LogP contribution is -2.02. The number of halogens is 1. The van der Waals surface area contributed by atoms with Gasteiger partial charge in [0.25, 0.3) is 0 Å². The lowest BCUT2D eigenvalue weighted by atomic mass is 10.0. The van der Waals surface area contributed by atoms with Gasteiger partial charge in [0.05, 0.1) is 19.3 Å². The highest BCUT2D eigenvalue weighted by atomic mass is 79.9. The fourth-order valence-electron chi connectivity index (χ4n) is 1.77. The highest BCUT2D eigenvalue weighted by Gasteiger charge is 2.11. The molecule has 19 heavy (non-hydrogen) atoms. The number of carbonyl (C=O) groups excluding carboxylic acids is 1. The van der Waals surface area contributed by atoms with Crippen LogP contribution in [-0.2, 0) is 11.3 Å². The number of aliphatic hydroxyl groups is 1. The van der Waals surface area contributed by atoms with Gasteiger partial charge in [0.2, 0.25) is 0 Å². The number of rotatable bonds is 3. The number of carbonyl (C=O) groups is 1. The molecule has 0 spiro atoms. The van der Waals surface area contributed by atoms with Crippen LogP contribution in [0.4, 0.5) is 0 Å². The number of ether oxygens (including phenoxy) is 1. The van der Waals surface area contributed by atoms with Gasteiger partial charge >= 0.3 is 5.97 Å². The second-order valence-corrected chi connectivity index (χ2v) is 4.90. The molecular weight excluding hydrogens is 308 g/mol. The van der Waals surface area contributed by atoms with Crippen LogP contribution in [-0.4, -0.2) is 18.2 Å². The van der Waals surface area contributed by atoms with Crippen LogP contribution < -0.4 is 0 Å². The van der Waals surface area contributed by atoms with E-state index in [0.717, 1.165) is 16.7 Å². The first-order valence-corrected chi connectivity index (χ1v) is 6.53. The molecule has 0 fully saturated rings. The summed E-state index contributed by atoms with van der Waals surface area (Å²) < 4.78 is 5.45. The third-order valence-electron chi connectivity index (χ3n) is 2.84. The predicted molar refractivity (Wildman–Crippen MR) is 76.8 cm³/mol. The highest BCUT2D eigenvalue weighted by Crippen LogP contribution is 2.26. The molecule has 98 valence electrons. The summed E-state index contributed by atoms with van der Waals surface area (Å²) in [4.78, 5) is 11.6. The van der Waals surface area contributed by atoms with Crippen LogP contribution in [0.5, 0.6) is 0 Å². The minimum absolute atomic E-state index is 0.0219. The number of hydrogen-bond donors (Lipinski definition) is 1. The first-order valence-electron chi connectivity index (χ1n) is 5.73. The molecule has 0 aliphatic rings. The van der Waals surface area contributed by atoms with Crippen molar-refractivity contribution in [3.63, 3.8) is 0 Å². The van der Waals surface area contributed by atoms with Gasteiger partial charge in [-0.25, -0.2) is 4.79 Å². The maximum Gasteiger partial charge on any atom is 0.339 e. The van der Waals surface area contributed by atoms with Gasteiger partial charge < -0.3 is 9.84 Å². The van der Waals surface area contributed by atoms with Gasteiger partial charge in [-0.3, -0.25) is 0 Å². The quantitative estimate of drug-likeness (QED) is 0.882. The van der Waals surface area contributed by atoms with E-state index < -0.39 is 0 Å². The highest BCUT2D eigenvalue weighted by molar-refractivity contribution is 9.10. The molecule has 2 rings (SSSR count). The second kappa shape index (κ2) is 5.99. The monoisotopic (exact) mass is 320 g/mol. The summed E-state index contributed by atoms with van der Waals surface area (Å²) in [6, 6.07) is 13.1.